The molecule has 0 unspecified atom stereocenters. The van der Waals surface area contributed by atoms with Crippen LogP contribution in [0, 0.1) is 0 Å². The van der Waals surface area contributed by atoms with Crippen LogP contribution in [0.25, 0.3) is 0 Å². The largest absolute Gasteiger partial charge is 0.372 e. The first kappa shape index (κ1) is 13.0. The Morgan fingerprint density at radius 3 is 2.50 bits per heavy atom. The normalized spacial score (nSPS) is 13.9. The van der Waals surface area contributed by atoms with Crippen molar-refractivity contribution < 1.29 is 9.53 Å². The van der Waals surface area contributed by atoms with E-state index in [4.69, 9.17) is 4.74 Å². The number of fused-ring (bicyclic) bond motifs is 1. The molecule has 0 bridgehead atoms. The lowest BCUT2D eigenvalue weighted by molar-refractivity contribution is 0.134. The van der Waals surface area contributed by atoms with Gasteiger partial charge in [-0.2, -0.15) is 4.99 Å². The average molecular weight is 245 g/mol. The van der Waals surface area contributed by atoms with E-state index in [2.05, 4.69) is 38.8 Å². The number of ether oxygens (including phenoxy) is 1. The number of hydrogen-bond acceptors (Lipinski definition) is 3. The molecular formula is C15H19NO2. The molecule has 1 aromatic carbocycles. The molecule has 0 saturated carbocycles. The summed E-state index contributed by atoms with van der Waals surface area (Å²) in [6, 6.07) is 2.13. The number of isocyanates is 1. The monoisotopic (exact) mass is 245 g/mol. The van der Waals surface area contributed by atoms with E-state index in [1.807, 2.05) is 0 Å². The fraction of sp³-hybridized carbons (Fsp3) is 0.533. The summed E-state index contributed by atoms with van der Waals surface area (Å²) in [6.45, 7) is 9.78. The summed E-state index contributed by atoms with van der Waals surface area (Å²) >= 11 is 0. The second kappa shape index (κ2) is 5.05. The van der Waals surface area contributed by atoms with Crippen LogP contribution in [-0.2, 0) is 22.7 Å². The summed E-state index contributed by atoms with van der Waals surface area (Å²) in [5.74, 6) is 0.659. The highest BCUT2D eigenvalue weighted by molar-refractivity contribution is 5.65. The van der Waals surface area contributed by atoms with Gasteiger partial charge < -0.3 is 4.74 Å². The van der Waals surface area contributed by atoms with E-state index in [0.717, 1.165) is 16.8 Å². The predicted molar refractivity (Wildman–Crippen MR) is 70.9 cm³/mol. The first-order valence-electron chi connectivity index (χ1n) is 6.40. The number of benzene rings is 1. The van der Waals surface area contributed by atoms with Crippen molar-refractivity contribution in [1.29, 1.82) is 0 Å². The van der Waals surface area contributed by atoms with E-state index in [1.54, 1.807) is 6.08 Å². The maximum atomic E-state index is 10.7. The molecule has 1 aliphatic rings. The fourth-order valence-corrected chi connectivity index (χ4v) is 2.61. The van der Waals surface area contributed by atoms with Crippen molar-refractivity contribution in [3.05, 3.63) is 28.3 Å². The molecule has 0 atom stereocenters. The van der Waals surface area contributed by atoms with Gasteiger partial charge >= 0.3 is 0 Å². The Hall–Kier alpha value is -1.44. The fourth-order valence-electron chi connectivity index (χ4n) is 2.61. The van der Waals surface area contributed by atoms with Crippen LogP contribution in [0.5, 0.6) is 0 Å². The van der Waals surface area contributed by atoms with Gasteiger partial charge in [0.15, 0.2) is 0 Å². The molecule has 1 aromatic rings. The van der Waals surface area contributed by atoms with E-state index in [9.17, 15) is 4.79 Å². The minimum absolute atomic E-state index is 0.325. The van der Waals surface area contributed by atoms with Crippen LogP contribution in [-0.4, -0.2) is 6.08 Å². The van der Waals surface area contributed by atoms with Crippen molar-refractivity contribution in [3.63, 3.8) is 0 Å². The van der Waals surface area contributed by atoms with Gasteiger partial charge in [-0.1, -0.05) is 33.8 Å². The highest BCUT2D eigenvalue weighted by Gasteiger charge is 2.24. The Bertz CT molecular complexity index is 512. The van der Waals surface area contributed by atoms with E-state index < -0.39 is 0 Å². The lowest BCUT2D eigenvalue weighted by Gasteiger charge is -2.19. The molecule has 3 heteroatoms. The molecule has 18 heavy (non-hydrogen) atoms. The molecule has 3 nitrogen and oxygen atoms in total. The van der Waals surface area contributed by atoms with Gasteiger partial charge in [-0.05, 0) is 34.1 Å². The van der Waals surface area contributed by atoms with E-state index in [0.29, 0.717) is 25.0 Å². The first-order valence-corrected chi connectivity index (χ1v) is 6.40. The van der Waals surface area contributed by atoms with Crippen LogP contribution in [0.3, 0.4) is 0 Å². The van der Waals surface area contributed by atoms with Crippen LogP contribution < -0.4 is 0 Å². The van der Waals surface area contributed by atoms with Crippen LogP contribution >= 0.6 is 0 Å². The summed E-state index contributed by atoms with van der Waals surface area (Å²) in [5, 5.41) is 0. The smallest absolute Gasteiger partial charge is 0.240 e. The molecule has 0 radical (unpaired) electrons. The van der Waals surface area contributed by atoms with Crippen LogP contribution in [0.1, 0.15) is 61.8 Å². The van der Waals surface area contributed by atoms with Gasteiger partial charge in [-0.15, -0.1) is 0 Å². The summed E-state index contributed by atoms with van der Waals surface area (Å²) in [5.41, 5.74) is 5.53. The molecule has 2 rings (SSSR count). The van der Waals surface area contributed by atoms with Crippen LogP contribution in [0.15, 0.2) is 11.1 Å². The topological polar surface area (TPSA) is 38.7 Å². The molecule has 0 fully saturated rings. The molecule has 0 spiro atoms. The molecule has 1 heterocycles. The zero-order valence-electron chi connectivity index (χ0n) is 11.4. The van der Waals surface area contributed by atoms with E-state index >= 15 is 0 Å². The Balaban J connectivity index is 2.77. The van der Waals surface area contributed by atoms with Gasteiger partial charge in [0.2, 0.25) is 6.08 Å². The molecule has 0 N–H and O–H groups in total. The van der Waals surface area contributed by atoms with Crippen molar-refractivity contribution in [1.82, 2.24) is 0 Å². The highest BCUT2D eigenvalue weighted by atomic mass is 16.5. The maximum absolute atomic E-state index is 10.7. The third-order valence-electron chi connectivity index (χ3n) is 3.43. The number of hydrogen-bond donors (Lipinski definition) is 0. The minimum Gasteiger partial charge on any atom is -0.372 e. The van der Waals surface area contributed by atoms with Crippen molar-refractivity contribution in [2.24, 2.45) is 4.99 Å². The zero-order chi connectivity index (χ0) is 13.3. The minimum atomic E-state index is 0.325. The Labute approximate surface area is 108 Å². The van der Waals surface area contributed by atoms with Crippen molar-refractivity contribution >= 4 is 11.8 Å². The third-order valence-corrected chi connectivity index (χ3v) is 3.43. The number of aliphatic imine (C=N–C) groups is 1. The molecule has 0 aliphatic carbocycles. The SMILES string of the molecule is CC(C)c1cc2c(c(C(C)C)c1N=C=O)COC2. The van der Waals surface area contributed by atoms with Crippen LogP contribution in [0.4, 0.5) is 5.69 Å². The number of carbonyl (C=O) groups excluding carboxylic acids is 1. The summed E-state index contributed by atoms with van der Waals surface area (Å²) < 4.78 is 5.53. The van der Waals surface area contributed by atoms with Gasteiger partial charge in [-0.25, -0.2) is 4.79 Å². The van der Waals surface area contributed by atoms with Crippen molar-refractivity contribution in [3.8, 4) is 0 Å². The van der Waals surface area contributed by atoms with Crippen LogP contribution in [0.2, 0.25) is 0 Å². The molecule has 0 saturated heterocycles. The molecular weight excluding hydrogens is 226 g/mol. The molecule has 0 aromatic heterocycles. The predicted octanol–water partition coefficient (Wildman–Crippen LogP) is 3.93. The van der Waals surface area contributed by atoms with E-state index in [1.165, 1.54) is 11.1 Å². The highest BCUT2D eigenvalue weighted by Crippen LogP contribution is 2.41. The molecule has 96 valence electrons. The lowest BCUT2D eigenvalue weighted by atomic mass is 9.87. The standard InChI is InChI=1S/C15H19NO2/c1-9(2)12-5-11-6-18-7-13(11)14(10(3)4)15(12)16-8-17/h5,9-10H,6-7H2,1-4H3. The number of rotatable bonds is 3. The Morgan fingerprint density at radius 1 is 1.22 bits per heavy atom. The van der Waals surface area contributed by atoms with Gasteiger partial charge in [0.1, 0.15) is 0 Å². The van der Waals surface area contributed by atoms with Gasteiger partial charge in [0.05, 0.1) is 18.9 Å². The van der Waals surface area contributed by atoms with Gasteiger partial charge in [0, 0.05) is 0 Å². The quantitative estimate of drug-likeness (QED) is 0.597. The molecule has 0 amide bonds. The number of nitrogens with zero attached hydrogens (tertiary/aromatic N) is 1. The van der Waals surface area contributed by atoms with Gasteiger partial charge in [-0.3, -0.25) is 0 Å². The van der Waals surface area contributed by atoms with Gasteiger partial charge in [0.25, 0.3) is 0 Å². The van der Waals surface area contributed by atoms with Crippen molar-refractivity contribution in [2.75, 3.05) is 0 Å². The Morgan fingerprint density at radius 2 is 1.94 bits per heavy atom. The third kappa shape index (κ3) is 2.12. The second-order valence-corrected chi connectivity index (χ2v) is 5.37. The molecule has 1 aliphatic heterocycles. The Kier molecular flexibility index (Phi) is 3.65. The van der Waals surface area contributed by atoms with Crippen molar-refractivity contribution in [2.45, 2.75) is 52.7 Å². The zero-order valence-corrected chi connectivity index (χ0v) is 11.4. The average Bonchev–Trinajstić information content (AvgIpc) is 2.75. The second-order valence-electron chi connectivity index (χ2n) is 5.37. The summed E-state index contributed by atoms with van der Waals surface area (Å²) in [6.07, 6.45) is 1.70. The van der Waals surface area contributed by atoms with E-state index in [-0.39, 0.29) is 0 Å². The first-order chi connectivity index (χ1) is 8.56. The maximum Gasteiger partial charge on any atom is 0.240 e. The summed E-state index contributed by atoms with van der Waals surface area (Å²) in [4.78, 5) is 14.7. The summed E-state index contributed by atoms with van der Waals surface area (Å²) in [7, 11) is 0. The lowest BCUT2D eigenvalue weighted by Crippen LogP contribution is -2.02.